The number of carboxylic acids is 1. The number of nitrogens with zero attached hydrogens (tertiary/aromatic N) is 1. The van der Waals surface area contributed by atoms with E-state index in [1.807, 2.05) is 0 Å². The van der Waals surface area contributed by atoms with E-state index in [9.17, 15) is 9.59 Å². The summed E-state index contributed by atoms with van der Waals surface area (Å²) in [4.78, 5) is 25.0. The molecule has 1 heterocycles. The van der Waals surface area contributed by atoms with Crippen molar-refractivity contribution in [2.75, 3.05) is 13.1 Å². The van der Waals surface area contributed by atoms with Gasteiger partial charge in [-0.15, -0.1) is 0 Å². The molecule has 1 unspecified atom stereocenters. The van der Waals surface area contributed by atoms with E-state index >= 15 is 0 Å². The molecule has 2 N–H and O–H groups in total. The SMILES string of the molecule is CCC1(C)CCN(C(=O)NC(C(=O)O)C2CC2)CC1. The second kappa shape index (κ2) is 5.39. The van der Waals surface area contributed by atoms with Crippen LogP contribution in [-0.2, 0) is 4.79 Å². The van der Waals surface area contributed by atoms with E-state index in [2.05, 4.69) is 19.2 Å². The van der Waals surface area contributed by atoms with E-state index in [-0.39, 0.29) is 11.9 Å². The first kappa shape index (κ1) is 14.2. The first-order valence-electron chi connectivity index (χ1n) is 7.23. The van der Waals surface area contributed by atoms with Gasteiger partial charge in [0.15, 0.2) is 0 Å². The summed E-state index contributed by atoms with van der Waals surface area (Å²) in [7, 11) is 0. The second-order valence-electron chi connectivity index (χ2n) is 6.25. The van der Waals surface area contributed by atoms with E-state index in [1.165, 1.54) is 0 Å². The molecule has 1 saturated carbocycles. The Hall–Kier alpha value is -1.26. The zero-order valence-electron chi connectivity index (χ0n) is 11.8. The van der Waals surface area contributed by atoms with Crippen LogP contribution in [0, 0.1) is 11.3 Å². The van der Waals surface area contributed by atoms with Gasteiger partial charge in [-0.3, -0.25) is 0 Å². The predicted octanol–water partition coefficient (Wildman–Crippen LogP) is 2.07. The minimum atomic E-state index is -0.911. The van der Waals surface area contributed by atoms with Gasteiger partial charge in [-0.05, 0) is 37.0 Å². The molecule has 2 aliphatic rings. The molecule has 0 aromatic carbocycles. The van der Waals surface area contributed by atoms with Crippen molar-refractivity contribution in [3.63, 3.8) is 0 Å². The van der Waals surface area contributed by atoms with Gasteiger partial charge in [-0.2, -0.15) is 0 Å². The van der Waals surface area contributed by atoms with Crippen molar-refractivity contribution in [1.29, 1.82) is 0 Å². The molecule has 0 radical (unpaired) electrons. The maximum atomic E-state index is 12.1. The summed E-state index contributed by atoms with van der Waals surface area (Å²) < 4.78 is 0. The van der Waals surface area contributed by atoms with Gasteiger partial charge in [0.2, 0.25) is 0 Å². The third-order valence-electron chi connectivity index (χ3n) is 4.75. The van der Waals surface area contributed by atoms with Gasteiger partial charge in [0.1, 0.15) is 6.04 Å². The lowest BCUT2D eigenvalue weighted by Gasteiger charge is -2.39. The van der Waals surface area contributed by atoms with Crippen LogP contribution in [0.2, 0.25) is 0 Å². The Bertz CT molecular complexity index is 358. The fourth-order valence-corrected chi connectivity index (χ4v) is 2.64. The largest absolute Gasteiger partial charge is 0.480 e. The van der Waals surface area contributed by atoms with Crippen molar-refractivity contribution in [1.82, 2.24) is 10.2 Å². The third kappa shape index (κ3) is 3.39. The van der Waals surface area contributed by atoms with Crippen molar-refractivity contribution < 1.29 is 14.7 Å². The number of likely N-dealkylation sites (tertiary alicyclic amines) is 1. The molecule has 1 aliphatic heterocycles. The van der Waals surface area contributed by atoms with Crippen LogP contribution in [0.4, 0.5) is 4.79 Å². The number of carboxylic acid groups (broad SMARTS) is 1. The molecule has 0 bridgehead atoms. The molecule has 1 aliphatic carbocycles. The lowest BCUT2D eigenvalue weighted by Crippen LogP contribution is -2.52. The monoisotopic (exact) mass is 268 g/mol. The highest BCUT2D eigenvalue weighted by Gasteiger charge is 2.39. The molecule has 5 heteroatoms. The van der Waals surface area contributed by atoms with Crippen molar-refractivity contribution in [3.8, 4) is 0 Å². The Balaban J connectivity index is 1.85. The molecule has 2 amide bonds. The fraction of sp³-hybridized carbons (Fsp3) is 0.857. The van der Waals surface area contributed by atoms with Gasteiger partial charge in [-0.25, -0.2) is 9.59 Å². The summed E-state index contributed by atoms with van der Waals surface area (Å²) in [6, 6.07) is -0.913. The summed E-state index contributed by atoms with van der Waals surface area (Å²) in [5, 5.41) is 11.8. The molecule has 2 fully saturated rings. The molecule has 0 aromatic rings. The Morgan fingerprint density at radius 3 is 2.37 bits per heavy atom. The van der Waals surface area contributed by atoms with E-state index in [1.54, 1.807) is 4.90 Å². The smallest absolute Gasteiger partial charge is 0.326 e. The van der Waals surface area contributed by atoms with Crippen LogP contribution in [0.1, 0.15) is 46.0 Å². The van der Waals surface area contributed by atoms with Crippen molar-refractivity contribution >= 4 is 12.0 Å². The molecule has 19 heavy (non-hydrogen) atoms. The summed E-state index contributed by atoms with van der Waals surface area (Å²) in [5.74, 6) is -0.779. The third-order valence-corrected chi connectivity index (χ3v) is 4.75. The average molecular weight is 268 g/mol. The summed E-state index contributed by atoms with van der Waals surface area (Å²) in [6.07, 6.45) is 4.94. The number of carbonyl (C=O) groups is 2. The number of carbonyl (C=O) groups excluding carboxylic acids is 1. The van der Waals surface area contributed by atoms with Crippen LogP contribution in [0.3, 0.4) is 0 Å². The first-order valence-corrected chi connectivity index (χ1v) is 7.23. The molecule has 5 nitrogen and oxygen atoms in total. The van der Waals surface area contributed by atoms with E-state index in [0.717, 1.165) is 45.2 Å². The van der Waals surface area contributed by atoms with Crippen LogP contribution in [0.5, 0.6) is 0 Å². The number of piperidine rings is 1. The minimum Gasteiger partial charge on any atom is -0.480 e. The molecule has 0 spiro atoms. The number of rotatable bonds is 4. The van der Waals surface area contributed by atoms with E-state index < -0.39 is 12.0 Å². The summed E-state index contributed by atoms with van der Waals surface area (Å²) >= 11 is 0. The van der Waals surface area contributed by atoms with Crippen LogP contribution in [-0.4, -0.2) is 41.1 Å². The van der Waals surface area contributed by atoms with E-state index in [0.29, 0.717) is 5.41 Å². The lowest BCUT2D eigenvalue weighted by atomic mass is 9.78. The van der Waals surface area contributed by atoms with Crippen LogP contribution in [0.15, 0.2) is 0 Å². The van der Waals surface area contributed by atoms with Gasteiger partial charge < -0.3 is 15.3 Å². The Labute approximate surface area is 114 Å². The molecular formula is C14H24N2O3. The summed E-state index contributed by atoms with van der Waals surface area (Å²) in [6.45, 7) is 5.90. The van der Waals surface area contributed by atoms with Crippen molar-refractivity contribution in [2.45, 2.75) is 52.0 Å². The molecule has 0 aromatic heterocycles. The lowest BCUT2D eigenvalue weighted by molar-refractivity contribution is -0.139. The number of aliphatic carboxylic acids is 1. The molecule has 1 atom stereocenters. The molecule has 1 saturated heterocycles. The predicted molar refractivity (Wildman–Crippen MR) is 71.9 cm³/mol. The molecule has 2 rings (SSSR count). The highest BCUT2D eigenvalue weighted by atomic mass is 16.4. The molecular weight excluding hydrogens is 244 g/mol. The van der Waals surface area contributed by atoms with Gasteiger partial charge in [0.05, 0.1) is 0 Å². The number of hydrogen-bond acceptors (Lipinski definition) is 2. The van der Waals surface area contributed by atoms with Crippen molar-refractivity contribution in [2.24, 2.45) is 11.3 Å². The summed E-state index contributed by atoms with van der Waals surface area (Å²) in [5.41, 5.74) is 0.333. The number of nitrogens with one attached hydrogen (secondary N) is 1. The normalized spacial score (nSPS) is 23.8. The number of hydrogen-bond donors (Lipinski definition) is 2. The highest BCUT2D eigenvalue weighted by Crippen LogP contribution is 2.35. The van der Waals surface area contributed by atoms with Gasteiger partial charge >= 0.3 is 12.0 Å². The topological polar surface area (TPSA) is 69.6 Å². The van der Waals surface area contributed by atoms with Crippen molar-refractivity contribution in [3.05, 3.63) is 0 Å². The van der Waals surface area contributed by atoms with E-state index in [4.69, 9.17) is 5.11 Å². The number of amides is 2. The van der Waals surface area contributed by atoms with Crippen LogP contribution in [0.25, 0.3) is 0 Å². The first-order chi connectivity index (χ1) is 8.95. The average Bonchev–Trinajstić information content (AvgIpc) is 3.20. The van der Waals surface area contributed by atoms with Crippen LogP contribution >= 0.6 is 0 Å². The fourth-order valence-electron chi connectivity index (χ4n) is 2.64. The standard InChI is InChI=1S/C14H24N2O3/c1-3-14(2)6-8-16(9-7-14)13(19)15-11(12(17)18)10-4-5-10/h10-11H,3-9H2,1-2H3,(H,15,19)(H,17,18). The van der Waals surface area contributed by atoms with Gasteiger partial charge in [0, 0.05) is 13.1 Å². The van der Waals surface area contributed by atoms with Gasteiger partial charge in [-0.1, -0.05) is 20.3 Å². The second-order valence-corrected chi connectivity index (χ2v) is 6.25. The zero-order valence-corrected chi connectivity index (χ0v) is 11.8. The maximum absolute atomic E-state index is 12.1. The minimum absolute atomic E-state index is 0.132. The van der Waals surface area contributed by atoms with Crippen LogP contribution < -0.4 is 5.32 Å². The quantitative estimate of drug-likeness (QED) is 0.820. The zero-order chi connectivity index (χ0) is 14.0. The Morgan fingerprint density at radius 2 is 1.95 bits per heavy atom. The van der Waals surface area contributed by atoms with Gasteiger partial charge in [0.25, 0.3) is 0 Å². The Kier molecular flexibility index (Phi) is 4.02. The highest BCUT2D eigenvalue weighted by molar-refractivity contribution is 5.83. The number of urea groups is 1. The molecule has 108 valence electrons. The maximum Gasteiger partial charge on any atom is 0.326 e. The Morgan fingerprint density at radius 1 is 1.37 bits per heavy atom.